The Bertz CT molecular complexity index is 1710. The number of aromatic nitrogens is 3. The summed E-state index contributed by atoms with van der Waals surface area (Å²) in [5.41, 5.74) is 3.58. The van der Waals surface area contributed by atoms with E-state index < -0.39 is 11.6 Å². The molecule has 0 aliphatic rings. The van der Waals surface area contributed by atoms with Gasteiger partial charge in [0.05, 0.1) is 24.7 Å². The second-order valence-electron chi connectivity index (χ2n) is 9.42. The van der Waals surface area contributed by atoms with Crippen molar-refractivity contribution < 1.29 is 13.6 Å². The molecule has 41 heavy (non-hydrogen) atoms. The highest BCUT2D eigenvalue weighted by molar-refractivity contribution is 6.24. The summed E-state index contributed by atoms with van der Waals surface area (Å²) < 4.78 is 30.3. The minimum Gasteiger partial charge on any atom is -0.327 e. The maximum atomic E-state index is 14.8. The number of hydrogen-bond donors (Lipinski definition) is 0. The van der Waals surface area contributed by atoms with Gasteiger partial charge in [-0.05, 0) is 41.0 Å². The average Bonchev–Trinajstić information content (AvgIpc) is 3.44. The highest BCUT2D eigenvalue weighted by Crippen LogP contribution is 2.24. The van der Waals surface area contributed by atoms with Crippen LogP contribution in [0.3, 0.4) is 0 Å². The first kappa shape index (κ1) is 27.2. The van der Waals surface area contributed by atoms with Gasteiger partial charge in [0.25, 0.3) is 5.91 Å². The van der Waals surface area contributed by atoms with Gasteiger partial charge in [-0.15, -0.1) is 10.2 Å². The molecular formula is C33H25F2N5O. The molecule has 0 bridgehead atoms. The number of nitrogens with zero attached hydrogens (tertiary/aromatic N) is 5. The lowest BCUT2D eigenvalue weighted by Crippen LogP contribution is -2.32. The third-order valence-corrected chi connectivity index (χ3v) is 6.55. The SMILES string of the molecule is N#Cc1ccc(Cn2cnnc2CN(Cc2ccc(F)cc2F)C(=O)C(=Cc2ccccc2)c2ccccc2)cc1. The van der Waals surface area contributed by atoms with Crippen LogP contribution in [0.1, 0.15) is 33.6 Å². The third kappa shape index (κ3) is 6.78. The summed E-state index contributed by atoms with van der Waals surface area (Å²) in [7, 11) is 0. The fraction of sp³-hybridized carbons (Fsp3) is 0.0909. The van der Waals surface area contributed by atoms with Gasteiger partial charge in [-0.1, -0.05) is 78.9 Å². The summed E-state index contributed by atoms with van der Waals surface area (Å²) in [5.74, 6) is -1.30. The quantitative estimate of drug-likeness (QED) is 0.162. The van der Waals surface area contributed by atoms with Gasteiger partial charge in [0.15, 0.2) is 5.82 Å². The van der Waals surface area contributed by atoms with Crippen LogP contribution in [0.5, 0.6) is 0 Å². The van der Waals surface area contributed by atoms with E-state index in [-0.39, 0.29) is 24.6 Å². The highest BCUT2D eigenvalue weighted by atomic mass is 19.1. The second-order valence-corrected chi connectivity index (χ2v) is 9.42. The molecule has 0 aliphatic heterocycles. The van der Waals surface area contributed by atoms with Gasteiger partial charge in [-0.2, -0.15) is 5.26 Å². The zero-order chi connectivity index (χ0) is 28.6. The van der Waals surface area contributed by atoms with Crippen molar-refractivity contribution in [1.29, 1.82) is 5.26 Å². The number of amides is 1. The van der Waals surface area contributed by atoms with Crippen molar-refractivity contribution in [2.24, 2.45) is 0 Å². The molecule has 202 valence electrons. The minimum atomic E-state index is -0.741. The van der Waals surface area contributed by atoms with Crippen molar-refractivity contribution in [3.8, 4) is 6.07 Å². The number of hydrogen-bond acceptors (Lipinski definition) is 4. The summed E-state index contributed by atoms with van der Waals surface area (Å²) in [6.45, 7) is 0.310. The lowest BCUT2D eigenvalue weighted by Gasteiger charge is -2.25. The normalized spacial score (nSPS) is 11.2. The molecule has 5 aromatic rings. The van der Waals surface area contributed by atoms with E-state index in [1.54, 1.807) is 29.1 Å². The number of halogens is 2. The lowest BCUT2D eigenvalue weighted by atomic mass is 10.0. The van der Waals surface area contributed by atoms with Crippen molar-refractivity contribution >= 4 is 17.6 Å². The molecule has 0 N–H and O–H groups in total. The molecule has 0 radical (unpaired) electrons. The standard InChI is InChI=1S/C33H25F2N5O/c34-29-16-15-28(31(35)18-29)21-39(22-32-38-37-23-40(32)20-26-13-11-25(19-36)12-14-26)33(41)30(27-9-5-2-6-10-27)17-24-7-3-1-4-8-24/h1-18,23H,20-22H2. The fourth-order valence-electron chi connectivity index (χ4n) is 4.41. The van der Waals surface area contributed by atoms with Gasteiger partial charge in [-0.25, -0.2) is 8.78 Å². The molecule has 0 unspecified atom stereocenters. The second kappa shape index (κ2) is 12.6. The van der Waals surface area contributed by atoms with Gasteiger partial charge in [0.2, 0.25) is 0 Å². The molecule has 6 nitrogen and oxygen atoms in total. The van der Waals surface area contributed by atoms with E-state index in [1.807, 2.05) is 72.8 Å². The molecule has 0 atom stereocenters. The van der Waals surface area contributed by atoms with Gasteiger partial charge >= 0.3 is 0 Å². The van der Waals surface area contributed by atoms with Gasteiger partial charge < -0.3 is 9.47 Å². The van der Waals surface area contributed by atoms with Crippen LogP contribution < -0.4 is 0 Å². The molecule has 0 saturated carbocycles. The van der Waals surface area contributed by atoms with Crippen molar-refractivity contribution in [1.82, 2.24) is 19.7 Å². The monoisotopic (exact) mass is 545 g/mol. The van der Waals surface area contributed by atoms with Gasteiger partial charge in [-0.3, -0.25) is 4.79 Å². The largest absolute Gasteiger partial charge is 0.327 e. The highest BCUT2D eigenvalue weighted by Gasteiger charge is 2.24. The van der Waals surface area contributed by atoms with Crippen LogP contribution in [0.4, 0.5) is 8.78 Å². The summed E-state index contributed by atoms with van der Waals surface area (Å²) in [6.07, 6.45) is 3.36. The maximum Gasteiger partial charge on any atom is 0.255 e. The summed E-state index contributed by atoms with van der Waals surface area (Å²) >= 11 is 0. The van der Waals surface area contributed by atoms with E-state index >= 15 is 0 Å². The average molecular weight is 546 g/mol. The molecule has 0 fully saturated rings. The van der Waals surface area contributed by atoms with Crippen molar-refractivity contribution in [3.63, 3.8) is 0 Å². The zero-order valence-electron chi connectivity index (χ0n) is 22.0. The fourth-order valence-corrected chi connectivity index (χ4v) is 4.41. The Morgan fingerprint density at radius 2 is 1.61 bits per heavy atom. The molecule has 0 saturated heterocycles. The van der Waals surface area contributed by atoms with E-state index in [0.29, 0.717) is 29.1 Å². The van der Waals surface area contributed by atoms with Crippen LogP contribution in [0.15, 0.2) is 109 Å². The first-order valence-corrected chi connectivity index (χ1v) is 12.9. The van der Waals surface area contributed by atoms with Crippen LogP contribution in [-0.2, 0) is 24.4 Å². The van der Waals surface area contributed by atoms with Crippen LogP contribution in [0, 0.1) is 23.0 Å². The van der Waals surface area contributed by atoms with Crippen molar-refractivity contribution in [3.05, 3.63) is 155 Å². The van der Waals surface area contributed by atoms with E-state index in [4.69, 9.17) is 5.26 Å². The molecule has 1 aromatic heterocycles. The molecule has 5 rings (SSSR count). The molecule has 1 amide bonds. The molecule has 0 spiro atoms. The van der Waals surface area contributed by atoms with Gasteiger partial charge in [0, 0.05) is 23.7 Å². The first-order chi connectivity index (χ1) is 20.0. The molecule has 4 aromatic carbocycles. The lowest BCUT2D eigenvalue weighted by molar-refractivity contribution is -0.126. The number of benzene rings is 4. The summed E-state index contributed by atoms with van der Waals surface area (Å²) in [5, 5.41) is 17.4. The number of rotatable bonds is 9. The van der Waals surface area contributed by atoms with Crippen LogP contribution in [0.25, 0.3) is 11.6 Å². The molecule has 1 heterocycles. The van der Waals surface area contributed by atoms with E-state index in [1.165, 1.54) is 17.0 Å². The zero-order valence-corrected chi connectivity index (χ0v) is 22.0. The van der Waals surface area contributed by atoms with Crippen LogP contribution in [0.2, 0.25) is 0 Å². The van der Waals surface area contributed by atoms with E-state index in [0.717, 1.165) is 17.2 Å². The number of carbonyl (C=O) groups excluding carboxylic acids is 1. The Labute approximate surface area is 236 Å². The van der Waals surface area contributed by atoms with Crippen LogP contribution >= 0.6 is 0 Å². The van der Waals surface area contributed by atoms with E-state index in [2.05, 4.69) is 16.3 Å². The molecular weight excluding hydrogens is 520 g/mol. The summed E-state index contributed by atoms with van der Waals surface area (Å²) in [6, 6.07) is 31.3. The minimum absolute atomic E-state index is 0.0187. The Morgan fingerprint density at radius 1 is 0.902 bits per heavy atom. The Kier molecular flexibility index (Phi) is 8.36. The predicted molar refractivity (Wildman–Crippen MR) is 152 cm³/mol. The maximum absolute atomic E-state index is 14.8. The summed E-state index contributed by atoms with van der Waals surface area (Å²) in [4.78, 5) is 15.8. The predicted octanol–water partition coefficient (Wildman–Crippen LogP) is 6.25. The topological polar surface area (TPSA) is 74.8 Å². The third-order valence-electron chi connectivity index (χ3n) is 6.55. The van der Waals surface area contributed by atoms with E-state index in [9.17, 15) is 13.6 Å². The van der Waals surface area contributed by atoms with Crippen molar-refractivity contribution in [2.45, 2.75) is 19.6 Å². The molecule has 0 aliphatic carbocycles. The Morgan fingerprint density at radius 3 is 2.29 bits per heavy atom. The van der Waals surface area contributed by atoms with Crippen molar-refractivity contribution in [2.75, 3.05) is 0 Å². The first-order valence-electron chi connectivity index (χ1n) is 12.9. The van der Waals surface area contributed by atoms with Crippen LogP contribution in [-0.4, -0.2) is 25.6 Å². The smallest absolute Gasteiger partial charge is 0.255 e. The molecule has 8 heteroatoms. The number of nitriles is 1. The number of carbonyl (C=O) groups is 1. The Balaban J connectivity index is 1.52. The Hall–Kier alpha value is -5.42. The van der Waals surface area contributed by atoms with Gasteiger partial charge in [0.1, 0.15) is 18.0 Å².